The van der Waals surface area contributed by atoms with E-state index < -0.39 is 5.82 Å². The van der Waals surface area contributed by atoms with E-state index in [1.807, 2.05) is 0 Å². The molecule has 100 valence electrons. The zero-order chi connectivity index (χ0) is 13.3. The number of hydrogen-bond donors (Lipinski definition) is 1. The molecule has 1 aromatic carbocycles. The van der Waals surface area contributed by atoms with Crippen molar-refractivity contribution in [2.45, 2.75) is 31.9 Å². The van der Waals surface area contributed by atoms with Crippen LogP contribution in [0.3, 0.4) is 0 Å². The fourth-order valence-electron chi connectivity index (χ4n) is 2.50. The second-order valence-corrected chi connectivity index (χ2v) is 5.16. The van der Waals surface area contributed by atoms with Gasteiger partial charge in [0, 0.05) is 25.8 Å². The van der Waals surface area contributed by atoms with E-state index in [1.54, 1.807) is 13.2 Å². The molecule has 3 nitrogen and oxygen atoms in total. The molecule has 2 rings (SSSR count). The van der Waals surface area contributed by atoms with Gasteiger partial charge < -0.3 is 15.4 Å². The monoisotopic (exact) mass is 272 g/mol. The average Bonchev–Trinajstić information content (AvgIpc) is 2.34. The second-order valence-electron chi connectivity index (χ2n) is 4.75. The standard InChI is InChI=1S/C13H18ClFN2O/c1-8-5-9(18-2)3-4-17(8)13-6-10(14)11(15)7-12(13)16/h6-9H,3-5,16H2,1-2H3. The molecule has 1 fully saturated rings. The average molecular weight is 273 g/mol. The molecule has 0 aliphatic carbocycles. The van der Waals surface area contributed by atoms with E-state index in [1.165, 1.54) is 6.07 Å². The summed E-state index contributed by atoms with van der Waals surface area (Å²) in [6.45, 7) is 2.95. The van der Waals surface area contributed by atoms with Crippen molar-refractivity contribution >= 4 is 23.0 Å². The van der Waals surface area contributed by atoms with Gasteiger partial charge in [-0.05, 0) is 25.8 Å². The largest absolute Gasteiger partial charge is 0.397 e. The lowest BCUT2D eigenvalue weighted by Gasteiger charge is -2.39. The van der Waals surface area contributed by atoms with E-state index in [0.29, 0.717) is 11.7 Å². The van der Waals surface area contributed by atoms with Crippen molar-refractivity contribution in [2.75, 3.05) is 24.3 Å². The molecule has 1 aliphatic heterocycles. The third-order valence-corrected chi connectivity index (χ3v) is 3.83. The summed E-state index contributed by atoms with van der Waals surface area (Å²) in [5.74, 6) is -0.475. The zero-order valence-corrected chi connectivity index (χ0v) is 11.4. The van der Waals surface area contributed by atoms with E-state index in [2.05, 4.69) is 11.8 Å². The molecule has 1 aliphatic rings. The first kappa shape index (κ1) is 13.4. The van der Waals surface area contributed by atoms with Crippen LogP contribution in [0, 0.1) is 5.82 Å². The third-order valence-electron chi connectivity index (χ3n) is 3.54. The van der Waals surface area contributed by atoms with Gasteiger partial charge in [0.2, 0.25) is 0 Å². The van der Waals surface area contributed by atoms with Crippen LogP contribution >= 0.6 is 11.6 Å². The first-order chi connectivity index (χ1) is 8.52. The van der Waals surface area contributed by atoms with Gasteiger partial charge in [0.05, 0.1) is 22.5 Å². The van der Waals surface area contributed by atoms with Crippen molar-refractivity contribution in [3.05, 3.63) is 23.0 Å². The topological polar surface area (TPSA) is 38.5 Å². The van der Waals surface area contributed by atoms with Crippen molar-refractivity contribution in [3.8, 4) is 0 Å². The highest BCUT2D eigenvalue weighted by Gasteiger charge is 2.27. The Bertz CT molecular complexity index is 441. The number of piperidine rings is 1. The number of nitrogens with zero attached hydrogens (tertiary/aromatic N) is 1. The normalized spacial score (nSPS) is 24.3. The quantitative estimate of drug-likeness (QED) is 0.841. The van der Waals surface area contributed by atoms with Crippen LogP contribution in [0.4, 0.5) is 15.8 Å². The molecule has 0 aromatic heterocycles. The molecule has 1 saturated heterocycles. The number of nitrogens with two attached hydrogens (primary N) is 1. The van der Waals surface area contributed by atoms with Crippen molar-refractivity contribution in [1.82, 2.24) is 0 Å². The fraction of sp³-hybridized carbons (Fsp3) is 0.538. The summed E-state index contributed by atoms with van der Waals surface area (Å²) in [4.78, 5) is 2.16. The third kappa shape index (κ3) is 2.54. The number of methoxy groups -OCH3 is 1. The number of hydrogen-bond acceptors (Lipinski definition) is 3. The van der Waals surface area contributed by atoms with Crippen LogP contribution in [0.5, 0.6) is 0 Å². The Morgan fingerprint density at radius 3 is 2.83 bits per heavy atom. The number of ether oxygens (including phenoxy) is 1. The highest BCUT2D eigenvalue weighted by atomic mass is 35.5. The van der Waals surface area contributed by atoms with Gasteiger partial charge in [-0.2, -0.15) is 0 Å². The molecule has 5 heteroatoms. The van der Waals surface area contributed by atoms with Crippen LogP contribution in [0.1, 0.15) is 19.8 Å². The molecular formula is C13H18ClFN2O. The molecule has 0 radical (unpaired) electrons. The van der Waals surface area contributed by atoms with Gasteiger partial charge in [-0.15, -0.1) is 0 Å². The van der Waals surface area contributed by atoms with E-state index in [0.717, 1.165) is 25.1 Å². The first-order valence-electron chi connectivity index (χ1n) is 6.07. The van der Waals surface area contributed by atoms with Gasteiger partial charge in [0.15, 0.2) is 0 Å². The summed E-state index contributed by atoms with van der Waals surface area (Å²) < 4.78 is 18.7. The molecule has 2 unspecified atom stereocenters. The van der Waals surface area contributed by atoms with E-state index in [9.17, 15) is 4.39 Å². The summed E-state index contributed by atoms with van der Waals surface area (Å²) in [5.41, 5.74) is 7.12. The first-order valence-corrected chi connectivity index (χ1v) is 6.44. The van der Waals surface area contributed by atoms with Crippen LogP contribution in [0.15, 0.2) is 12.1 Å². The lowest BCUT2D eigenvalue weighted by Crippen LogP contribution is -2.43. The molecule has 18 heavy (non-hydrogen) atoms. The van der Waals surface area contributed by atoms with Crippen LogP contribution in [0.2, 0.25) is 5.02 Å². The van der Waals surface area contributed by atoms with Crippen LogP contribution < -0.4 is 10.6 Å². The Labute approximate surface area is 112 Å². The van der Waals surface area contributed by atoms with Gasteiger partial charge in [0.1, 0.15) is 5.82 Å². The Morgan fingerprint density at radius 2 is 2.22 bits per heavy atom. The summed E-state index contributed by atoms with van der Waals surface area (Å²) in [5, 5.41) is 0.111. The predicted octanol–water partition coefficient (Wildman–Crippen LogP) is 3.07. The number of nitrogen functional groups attached to an aromatic ring is 1. The lowest BCUT2D eigenvalue weighted by atomic mass is 9.99. The Hall–Kier alpha value is -1.00. The summed E-state index contributed by atoms with van der Waals surface area (Å²) in [6, 6.07) is 3.19. The van der Waals surface area contributed by atoms with Crippen LogP contribution in [-0.2, 0) is 4.74 Å². The maximum atomic E-state index is 13.3. The van der Waals surface area contributed by atoms with Gasteiger partial charge in [-0.25, -0.2) is 4.39 Å². The minimum absolute atomic E-state index is 0.111. The molecule has 2 atom stereocenters. The van der Waals surface area contributed by atoms with Gasteiger partial charge in [-0.1, -0.05) is 11.6 Å². The predicted molar refractivity (Wildman–Crippen MR) is 72.7 cm³/mol. The number of benzene rings is 1. The van der Waals surface area contributed by atoms with Crippen molar-refractivity contribution in [1.29, 1.82) is 0 Å². The highest BCUT2D eigenvalue weighted by molar-refractivity contribution is 6.31. The lowest BCUT2D eigenvalue weighted by molar-refractivity contribution is 0.0721. The Morgan fingerprint density at radius 1 is 1.50 bits per heavy atom. The number of halogens is 2. The SMILES string of the molecule is COC1CCN(c2cc(Cl)c(F)cc2N)C(C)C1. The van der Waals surface area contributed by atoms with Crippen molar-refractivity contribution in [3.63, 3.8) is 0 Å². The fourth-order valence-corrected chi connectivity index (χ4v) is 2.66. The van der Waals surface area contributed by atoms with Gasteiger partial charge in [-0.3, -0.25) is 0 Å². The van der Waals surface area contributed by atoms with E-state index >= 15 is 0 Å². The molecular weight excluding hydrogens is 255 g/mol. The zero-order valence-electron chi connectivity index (χ0n) is 10.6. The van der Waals surface area contributed by atoms with Crippen LogP contribution in [0.25, 0.3) is 0 Å². The van der Waals surface area contributed by atoms with Crippen molar-refractivity contribution < 1.29 is 9.13 Å². The summed E-state index contributed by atoms with van der Waals surface area (Å²) in [6.07, 6.45) is 2.16. The summed E-state index contributed by atoms with van der Waals surface area (Å²) >= 11 is 5.83. The minimum Gasteiger partial charge on any atom is -0.397 e. The van der Waals surface area contributed by atoms with Gasteiger partial charge >= 0.3 is 0 Å². The van der Waals surface area contributed by atoms with Crippen LogP contribution in [-0.4, -0.2) is 25.8 Å². The smallest absolute Gasteiger partial charge is 0.143 e. The number of anilines is 2. The molecule has 0 spiro atoms. The molecule has 0 bridgehead atoms. The Kier molecular flexibility index (Phi) is 3.97. The minimum atomic E-state index is -0.475. The van der Waals surface area contributed by atoms with Gasteiger partial charge in [0.25, 0.3) is 0 Å². The maximum Gasteiger partial charge on any atom is 0.143 e. The number of rotatable bonds is 2. The highest BCUT2D eigenvalue weighted by Crippen LogP contribution is 2.33. The van der Waals surface area contributed by atoms with Crippen molar-refractivity contribution in [2.24, 2.45) is 0 Å². The maximum absolute atomic E-state index is 13.3. The molecule has 2 N–H and O–H groups in total. The summed E-state index contributed by atoms with van der Waals surface area (Å²) in [7, 11) is 1.73. The molecule has 1 aromatic rings. The van der Waals surface area contributed by atoms with E-state index in [-0.39, 0.29) is 11.1 Å². The molecule has 0 amide bonds. The Balaban J connectivity index is 2.24. The molecule has 0 saturated carbocycles. The molecule has 1 heterocycles. The van der Waals surface area contributed by atoms with E-state index in [4.69, 9.17) is 22.1 Å². The second kappa shape index (κ2) is 5.33.